The van der Waals surface area contributed by atoms with Crippen LogP contribution in [0.3, 0.4) is 0 Å². The van der Waals surface area contributed by atoms with Crippen molar-refractivity contribution in [3.05, 3.63) is 219 Å². The second kappa shape index (κ2) is 66.2. The molecule has 0 aromatic rings. The van der Waals surface area contributed by atoms with Crippen LogP contribution in [0.25, 0.3) is 0 Å². The minimum atomic E-state index is -0.861. The zero-order chi connectivity index (χ0) is 58.5. The Kier molecular flexibility index (Phi) is 61.1. The molecule has 0 aliphatic carbocycles. The minimum Gasteiger partial charge on any atom is -0.462 e. The number of ether oxygens (including phenoxy) is 3. The maximum Gasteiger partial charge on any atom is 0.309 e. The first kappa shape index (κ1) is 74.7. The molecule has 0 saturated carbocycles. The van der Waals surface area contributed by atoms with E-state index < -0.39 is 12.1 Å². The molecule has 0 rings (SSSR count). The maximum atomic E-state index is 12.9. The number of rotatable bonds is 53. The molecule has 0 aliphatic heterocycles. The molecule has 446 valence electrons. The fourth-order valence-electron chi connectivity index (χ4n) is 7.44. The first-order valence-electron chi connectivity index (χ1n) is 31.2. The molecule has 1 unspecified atom stereocenters. The van der Waals surface area contributed by atoms with Crippen molar-refractivity contribution in [2.24, 2.45) is 0 Å². The highest BCUT2D eigenvalue weighted by molar-refractivity contribution is 5.72. The van der Waals surface area contributed by atoms with Gasteiger partial charge in [0.2, 0.25) is 0 Å². The third-order valence-corrected chi connectivity index (χ3v) is 12.0. The smallest absolute Gasteiger partial charge is 0.309 e. The van der Waals surface area contributed by atoms with Gasteiger partial charge in [-0.05, 0) is 154 Å². The molecule has 0 saturated heterocycles. The van der Waals surface area contributed by atoms with Crippen molar-refractivity contribution < 1.29 is 28.6 Å². The van der Waals surface area contributed by atoms with Crippen LogP contribution >= 0.6 is 0 Å². The summed E-state index contributed by atoms with van der Waals surface area (Å²) in [6.07, 6.45) is 104. The summed E-state index contributed by atoms with van der Waals surface area (Å²) in [7, 11) is 0. The van der Waals surface area contributed by atoms with Gasteiger partial charge in [0.1, 0.15) is 13.2 Å². The highest BCUT2D eigenvalue weighted by Crippen LogP contribution is 2.11. The van der Waals surface area contributed by atoms with Crippen LogP contribution in [0.2, 0.25) is 0 Å². The molecule has 0 fully saturated rings. The number of carbonyl (C=O) groups excluding carboxylic acids is 3. The van der Waals surface area contributed by atoms with Crippen molar-refractivity contribution in [1.29, 1.82) is 0 Å². The van der Waals surface area contributed by atoms with Crippen molar-refractivity contribution in [2.45, 2.75) is 219 Å². The SMILES string of the molecule is CC/C=C\C/C=C\C/C=C\C/C=C\C/C=C\C/C=C\C/C=C\C/C=C\C/C=C\CCCCCC(=O)OCC(COC(=O)C/C=C\C/C=C\C/C=C\C/C=C\C/C=C\CC)OC(=O)CCCCCC/C=C\C/C=C\C/C=C\C/C=C\CC. The Bertz CT molecular complexity index is 2050. The van der Waals surface area contributed by atoms with Crippen LogP contribution in [0.15, 0.2) is 219 Å². The zero-order valence-corrected chi connectivity index (χ0v) is 50.9. The molecule has 0 aromatic carbocycles. The summed E-state index contributed by atoms with van der Waals surface area (Å²) in [6.45, 7) is 6.13. The van der Waals surface area contributed by atoms with Gasteiger partial charge in [0.15, 0.2) is 6.10 Å². The Morgan fingerprint density at radius 3 is 0.802 bits per heavy atom. The zero-order valence-electron chi connectivity index (χ0n) is 50.9. The lowest BCUT2D eigenvalue weighted by molar-refractivity contribution is -0.166. The molecule has 0 bridgehead atoms. The van der Waals surface area contributed by atoms with Crippen LogP contribution in [0.1, 0.15) is 213 Å². The molecule has 0 heterocycles. The summed E-state index contributed by atoms with van der Waals surface area (Å²) in [6, 6.07) is 0. The van der Waals surface area contributed by atoms with Crippen LogP contribution in [0, 0.1) is 0 Å². The topological polar surface area (TPSA) is 78.9 Å². The van der Waals surface area contributed by atoms with Crippen molar-refractivity contribution in [2.75, 3.05) is 13.2 Å². The second-order valence-corrected chi connectivity index (χ2v) is 19.5. The van der Waals surface area contributed by atoms with Crippen LogP contribution in [0.4, 0.5) is 0 Å². The lowest BCUT2D eigenvalue weighted by Gasteiger charge is -2.18. The molecule has 0 radical (unpaired) electrons. The lowest BCUT2D eigenvalue weighted by Crippen LogP contribution is -2.30. The molecular weight excluding hydrogens is 997 g/mol. The highest BCUT2D eigenvalue weighted by Gasteiger charge is 2.19. The second-order valence-electron chi connectivity index (χ2n) is 19.5. The average molecular weight is 1110 g/mol. The largest absolute Gasteiger partial charge is 0.462 e. The fourth-order valence-corrected chi connectivity index (χ4v) is 7.44. The molecule has 0 aromatic heterocycles. The summed E-state index contributed by atoms with van der Waals surface area (Å²) in [4.78, 5) is 38.2. The van der Waals surface area contributed by atoms with E-state index in [4.69, 9.17) is 14.2 Å². The van der Waals surface area contributed by atoms with Gasteiger partial charge in [-0.3, -0.25) is 14.4 Å². The van der Waals surface area contributed by atoms with E-state index in [1.54, 1.807) is 6.08 Å². The third-order valence-electron chi connectivity index (χ3n) is 12.0. The third kappa shape index (κ3) is 64.4. The van der Waals surface area contributed by atoms with Gasteiger partial charge in [0, 0.05) is 12.8 Å². The van der Waals surface area contributed by atoms with Crippen LogP contribution in [-0.2, 0) is 28.6 Å². The number of hydrogen-bond acceptors (Lipinski definition) is 6. The molecule has 1 atom stereocenters. The number of esters is 3. The van der Waals surface area contributed by atoms with Gasteiger partial charge >= 0.3 is 17.9 Å². The van der Waals surface area contributed by atoms with Gasteiger partial charge in [0.25, 0.3) is 0 Å². The molecular formula is C75H110O6. The molecule has 0 spiro atoms. The van der Waals surface area contributed by atoms with E-state index in [0.717, 1.165) is 154 Å². The summed E-state index contributed by atoms with van der Waals surface area (Å²) in [5.74, 6) is -1.15. The van der Waals surface area contributed by atoms with E-state index in [1.165, 1.54) is 0 Å². The number of unbranched alkanes of at least 4 members (excludes halogenated alkanes) is 7. The Balaban J connectivity index is 4.55. The van der Waals surface area contributed by atoms with Gasteiger partial charge in [-0.1, -0.05) is 259 Å². The molecule has 81 heavy (non-hydrogen) atoms. The van der Waals surface area contributed by atoms with E-state index in [0.29, 0.717) is 19.3 Å². The van der Waals surface area contributed by atoms with Gasteiger partial charge in [-0.15, -0.1) is 0 Å². The monoisotopic (exact) mass is 1110 g/mol. The predicted octanol–water partition coefficient (Wildman–Crippen LogP) is 21.8. The highest BCUT2D eigenvalue weighted by atomic mass is 16.6. The summed E-state index contributed by atoms with van der Waals surface area (Å²) < 4.78 is 16.7. The van der Waals surface area contributed by atoms with Crippen LogP contribution < -0.4 is 0 Å². The van der Waals surface area contributed by atoms with E-state index in [9.17, 15) is 14.4 Å². The van der Waals surface area contributed by atoms with E-state index in [1.807, 2.05) is 6.08 Å². The van der Waals surface area contributed by atoms with Crippen molar-refractivity contribution >= 4 is 17.9 Å². The minimum absolute atomic E-state index is 0.102. The molecule has 6 heteroatoms. The van der Waals surface area contributed by atoms with Gasteiger partial charge < -0.3 is 14.2 Å². The standard InChI is InChI=1S/C75H110O6/c1-4-7-10-13-16-19-22-25-28-30-31-32-33-34-35-36-37-38-39-40-41-42-43-45-47-50-53-56-59-62-65-68-74(77)80-71-72(70-79-73(76)67-64-61-58-55-52-49-46-27-24-21-18-15-12-9-6-3)81-75(78)69-66-63-60-57-54-51-48-44-29-26-23-20-17-14-11-8-5-2/h7-12,16-21,25-29,31-32,34-35,37-38,40-41,43,45-46,48,50-53,55,61,64,72H,4-6,13-15,22-24,30,33,36,39,42,44,47,49,54,56-60,62-63,65-71H2,1-3H3/b10-7-,11-8-,12-9-,19-16-,20-17-,21-18-,28-25-,29-26-,32-31-,35-34-,38-37-,41-40-,45-43-,46-27-,51-48-,53-50-,55-52-,64-61-. The van der Waals surface area contributed by atoms with E-state index >= 15 is 0 Å². The van der Waals surface area contributed by atoms with Gasteiger partial charge in [-0.25, -0.2) is 0 Å². The van der Waals surface area contributed by atoms with Gasteiger partial charge in [0.05, 0.1) is 6.42 Å². The Hall–Kier alpha value is -6.27. The average Bonchev–Trinajstić information content (AvgIpc) is 3.47. The normalized spacial score (nSPS) is 13.7. The molecule has 0 amide bonds. The summed E-state index contributed by atoms with van der Waals surface area (Å²) in [5.41, 5.74) is 0. The molecule has 0 N–H and O–H groups in total. The number of allylic oxidation sites excluding steroid dienone is 35. The summed E-state index contributed by atoms with van der Waals surface area (Å²) in [5, 5.41) is 0. The van der Waals surface area contributed by atoms with E-state index in [-0.39, 0.29) is 44.4 Å². The predicted molar refractivity (Wildman–Crippen MR) is 352 cm³/mol. The Morgan fingerprint density at radius 1 is 0.259 bits per heavy atom. The maximum absolute atomic E-state index is 12.9. The van der Waals surface area contributed by atoms with Gasteiger partial charge in [-0.2, -0.15) is 0 Å². The van der Waals surface area contributed by atoms with Crippen molar-refractivity contribution in [1.82, 2.24) is 0 Å². The summed E-state index contributed by atoms with van der Waals surface area (Å²) >= 11 is 0. The number of hydrogen-bond donors (Lipinski definition) is 0. The first-order chi connectivity index (χ1) is 40.0. The Labute approximate surface area is 495 Å². The first-order valence-corrected chi connectivity index (χ1v) is 31.2. The Morgan fingerprint density at radius 2 is 0.494 bits per heavy atom. The fraction of sp³-hybridized carbons (Fsp3) is 0.480. The quantitative estimate of drug-likeness (QED) is 0.0261. The van der Waals surface area contributed by atoms with Crippen molar-refractivity contribution in [3.63, 3.8) is 0 Å². The molecule has 6 nitrogen and oxygen atoms in total. The van der Waals surface area contributed by atoms with Crippen molar-refractivity contribution in [3.8, 4) is 0 Å². The van der Waals surface area contributed by atoms with Crippen LogP contribution in [0.5, 0.6) is 0 Å². The van der Waals surface area contributed by atoms with E-state index in [2.05, 4.69) is 227 Å². The molecule has 0 aliphatic rings. The number of carbonyl (C=O) groups is 3. The lowest BCUT2D eigenvalue weighted by atomic mass is 10.1. The van der Waals surface area contributed by atoms with Crippen LogP contribution in [-0.4, -0.2) is 37.2 Å².